The maximum Gasteiger partial charge on any atom is 0.253 e. The molecule has 1 aromatic carbocycles. The summed E-state index contributed by atoms with van der Waals surface area (Å²) in [5.41, 5.74) is 0.771. The average Bonchev–Trinajstić information content (AvgIpc) is 2.98. The van der Waals surface area contributed by atoms with Crippen LogP contribution < -0.4 is 0 Å². The van der Waals surface area contributed by atoms with Crippen molar-refractivity contribution >= 4 is 5.91 Å². The van der Waals surface area contributed by atoms with Crippen LogP contribution >= 0.6 is 0 Å². The standard InChI is InChI=1S/C20H29FN2O3/c1-25-12-11-22-13-17(14-26-2)20(15-22)7-9-23(10-8-20)19(24)16-3-5-18(21)6-4-16/h3-6,17H,7-15H2,1-2H3/t17-/m1/s1. The molecular weight excluding hydrogens is 335 g/mol. The fourth-order valence-corrected chi connectivity index (χ4v) is 4.46. The first kappa shape index (κ1) is 19.3. The number of rotatable bonds is 6. The normalized spacial score (nSPS) is 22.9. The Bertz CT molecular complexity index is 600. The summed E-state index contributed by atoms with van der Waals surface area (Å²) in [6.45, 7) is 6.01. The van der Waals surface area contributed by atoms with Gasteiger partial charge in [-0.3, -0.25) is 4.79 Å². The van der Waals surface area contributed by atoms with Gasteiger partial charge in [0, 0.05) is 58.4 Å². The van der Waals surface area contributed by atoms with Gasteiger partial charge in [-0.1, -0.05) is 0 Å². The van der Waals surface area contributed by atoms with Gasteiger partial charge in [0.2, 0.25) is 0 Å². The molecule has 0 aliphatic carbocycles. The maximum atomic E-state index is 13.1. The van der Waals surface area contributed by atoms with Crippen LogP contribution in [0.1, 0.15) is 23.2 Å². The largest absolute Gasteiger partial charge is 0.384 e. The van der Waals surface area contributed by atoms with Crippen molar-refractivity contribution in [2.75, 3.05) is 60.2 Å². The SMILES string of the molecule is COCCN1C[C@H](COC)C2(CCN(C(=O)c3ccc(F)cc3)CC2)C1. The van der Waals surface area contributed by atoms with Crippen molar-refractivity contribution in [3.05, 3.63) is 35.6 Å². The van der Waals surface area contributed by atoms with E-state index < -0.39 is 0 Å². The molecule has 0 unspecified atom stereocenters. The van der Waals surface area contributed by atoms with E-state index in [1.165, 1.54) is 12.1 Å². The second kappa shape index (κ2) is 8.46. The fourth-order valence-electron chi connectivity index (χ4n) is 4.46. The third kappa shape index (κ3) is 4.08. The molecule has 0 radical (unpaired) electrons. The molecule has 2 aliphatic rings. The first-order chi connectivity index (χ1) is 12.6. The van der Waals surface area contributed by atoms with E-state index in [1.54, 1.807) is 26.4 Å². The summed E-state index contributed by atoms with van der Waals surface area (Å²) in [5, 5.41) is 0. The lowest BCUT2D eigenvalue weighted by molar-refractivity contribution is 0.0321. The highest BCUT2D eigenvalue weighted by atomic mass is 19.1. The molecule has 2 aliphatic heterocycles. The second-order valence-corrected chi connectivity index (χ2v) is 7.54. The predicted octanol–water partition coefficient (Wildman–Crippen LogP) is 2.27. The van der Waals surface area contributed by atoms with Crippen LogP contribution in [0.5, 0.6) is 0 Å². The van der Waals surface area contributed by atoms with Crippen LogP contribution in [-0.2, 0) is 9.47 Å². The molecule has 0 saturated carbocycles. The highest BCUT2D eigenvalue weighted by Crippen LogP contribution is 2.44. The van der Waals surface area contributed by atoms with Crippen LogP contribution in [0.2, 0.25) is 0 Å². The summed E-state index contributed by atoms with van der Waals surface area (Å²) < 4.78 is 23.8. The zero-order valence-electron chi connectivity index (χ0n) is 15.7. The molecule has 1 aromatic rings. The summed E-state index contributed by atoms with van der Waals surface area (Å²) in [6.07, 6.45) is 1.97. The molecule has 0 N–H and O–H groups in total. The van der Waals surface area contributed by atoms with Crippen LogP contribution in [0.4, 0.5) is 4.39 Å². The summed E-state index contributed by atoms with van der Waals surface area (Å²) >= 11 is 0. The topological polar surface area (TPSA) is 42.0 Å². The van der Waals surface area contributed by atoms with Crippen molar-refractivity contribution in [1.29, 1.82) is 0 Å². The van der Waals surface area contributed by atoms with E-state index in [9.17, 15) is 9.18 Å². The molecule has 6 heteroatoms. The van der Waals surface area contributed by atoms with Crippen molar-refractivity contribution in [2.24, 2.45) is 11.3 Å². The highest BCUT2D eigenvalue weighted by Gasteiger charge is 2.48. The molecule has 0 bridgehead atoms. The first-order valence-electron chi connectivity index (χ1n) is 9.33. The monoisotopic (exact) mass is 364 g/mol. The minimum atomic E-state index is -0.316. The van der Waals surface area contributed by atoms with Crippen LogP contribution in [0.25, 0.3) is 0 Å². The lowest BCUT2D eigenvalue weighted by Crippen LogP contribution is -2.47. The molecular formula is C20H29FN2O3. The van der Waals surface area contributed by atoms with Gasteiger partial charge in [0.1, 0.15) is 5.82 Å². The van der Waals surface area contributed by atoms with Gasteiger partial charge >= 0.3 is 0 Å². The molecule has 144 valence electrons. The number of ether oxygens (including phenoxy) is 2. The second-order valence-electron chi connectivity index (χ2n) is 7.54. The van der Waals surface area contributed by atoms with E-state index >= 15 is 0 Å². The van der Waals surface area contributed by atoms with Crippen LogP contribution in [0.3, 0.4) is 0 Å². The third-order valence-electron chi connectivity index (χ3n) is 6.00. The summed E-state index contributed by atoms with van der Waals surface area (Å²) in [5.74, 6) is 0.175. The fraction of sp³-hybridized carbons (Fsp3) is 0.650. The predicted molar refractivity (Wildman–Crippen MR) is 97.7 cm³/mol. The van der Waals surface area contributed by atoms with E-state index in [0.717, 1.165) is 58.8 Å². The van der Waals surface area contributed by atoms with E-state index in [1.807, 2.05) is 4.90 Å². The molecule has 2 heterocycles. The summed E-state index contributed by atoms with van der Waals surface area (Å²) in [7, 11) is 3.50. The maximum absolute atomic E-state index is 13.1. The summed E-state index contributed by atoms with van der Waals surface area (Å²) in [4.78, 5) is 17.0. The number of amides is 1. The van der Waals surface area contributed by atoms with Crippen LogP contribution in [0.15, 0.2) is 24.3 Å². The van der Waals surface area contributed by atoms with Crippen LogP contribution in [0, 0.1) is 17.2 Å². The number of carbonyl (C=O) groups excluding carboxylic acids is 1. The molecule has 2 saturated heterocycles. The highest BCUT2D eigenvalue weighted by molar-refractivity contribution is 5.94. The van der Waals surface area contributed by atoms with E-state index in [4.69, 9.17) is 9.47 Å². The Hall–Kier alpha value is -1.50. The Morgan fingerprint density at radius 1 is 1.19 bits per heavy atom. The van der Waals surface area contributed by atoms with Gasteiger partial charge in [0.15, 0.2) is 0 Å². The lowest BCUT2D eigenvalue weighted by Gasteiger charge is -2.42. The van der Waals surface area contributed by atoms with Gasteiger partial charge in [0.05, 0.1) is 13.2 Å². The third-order valence-corrected chi connectivity index (χ3v) is 6.00. The molecule has 1 spiro atoms. The molecule has 5 nitrogen and oxygen atoms in total. The van der Waals surface area contributed by atoms with Crippen LogP contribution in [-0.4, -0.2) is 75.9 Å². The Morgan fingerprint density at radius 3 is 2.50 bits per heavy atom. The Morgan fingerprint density at radius 2 is 1.88 bits per heavy atom. The molecule has 2 fully saturated rings. The number of likely N-dealkylation sites (tertiary alicyclic amines) is 2. The van der Waals surface area contributed by atoms with Gasteiger partial charge in [-0.15, -0.1) is 0 Å². The number of piperidine rings is 1. The number of hydrogen-bond acceptors (Lipinski definition) is 4. The van der Waals surface area contributed by atoms with Crippen molar-refractivity contribution < 1.29 is 18.7 Å². The zero-order valence-corrected chi connectivity index (χ0v) is 15.7. The molecule has 1 atom stereocenters. The van der Waals surface area contributed by atoms with Crippen molar-refractivity contribution in [3.63, 3.8) is 0 Å². The Kier molecular flexibility index (Phi) is 6.27. The number of carbonyl (C=O) groups is 1. The molecule has 26 heavy (non-hydrogen) atoms. The zero-order chi connectivity index (χ0) is 18.6. The minimum Gasteiger partial charge on any atom is -0.384 e. The van der Waals surface area contributed by atoms with Gasteiger partial charge in [-0.05, 0) is 42.5 Å². The number of methoxy groups -OCH3 is 2. The van der Waals surface area contributed by atoms with E-state index in [0.29, 0.717) is 11.5 Å². The van der Waals surface area contributed by atoms with Crippen molar-refractivity contribution in [2.45, 2.75) is 12.8 Å². The van der Waals surface area contributed by atoms with Gasteiger partial charge in [-0.25, -0.2) is 4.39 Å². The van der Waals surface area contributed by atoms with E-state index in [-0.39, 0.29) is 17.1 Å². The Labute approximate surface area is 155 Å². The van der Waals surface area contributed by atoms with Crippen molar-refractivity contribution in [1.82, 2.24) is 9.80 Å². The number of hydrogen-bond donors (Lipinski definition) is 0. The number of halogens is 1. The molecule has 3 rings (SSSR count). The Balaban J connectivity index is 1.63. The quantitative estimate of drug-likeness (QED) is 0.777. The molecule has 0 aromatic heterocycles. The van der Waals surface area contributed by atoms with Gasteiger partial charge < -0.3 is 19.3 Å². The number of benzene rings is 1. The number of nitrogens with zero attached hydrogens (tertiary/aromatic N) is 2. The van der Waals surface area contributed by atoms with E-state index in [2.05, 4.69) is 4.90 Å². The minimum absolute atomic E-state index is 0.00243. The van der Waals surface area contributed by atoms with Crippen molar-refractivity contribution in [3.8, 4) is 0 Å². The van der Waals surface area contributed by atoms with Gasteiger partial charge in [-0.2, -0.15) is 0 Å². The average molecular weight is 364 g/mol. The molecule has 1 amide bonds. The summed E-state index contributed by atoms with van der Waals surface area (Å²) in [6, 6.07) is 5.82. The van der Waals surface area contributed by atoms with Gasteiger partial charge in [0.25, 0.3) is 5.91 Å². The first-order valence-corrected chi connectivity index (χ1v) is 9.33. The smallest absolute Gasteiger partial charge is 0.253 e. The lowest BCUT2D eigenvalue weighted by atomic mass is 9.71.